The van der Waals surface area contributed by atoms with Crippen LogP contribution in [0.15, 0.2) is 12.3 Å². The van der Waals surface area contributed by atoms with Crippen LogP contribution in [0.25, 0.3) is 0 Å². The van der Waals surface area contributed by atoms with E-state index < -0.39 is 5.97 Å². The molecule has 0 unspecified atom stereocenters. The van der Waals surface area contributed by atoms with E-state index in [1.54, 1.807) is 13.8 Å². The van der Waals surface area contributed by atoms with Gasteiger partial charge in [-0.05, 0) is 13.8 Å². The molecule has 0 fully saturated rings. The molecular formula is C11H12N2O3. The lowest BCUT2D eigenvalue weighted by Crippen LogP contribution is -2.08. The Balaban J connectivity index is 3.02. The summed E-state index contributed by atoms with van der Waals surface area (Å²) in [6.07, 6.45) is 1.30. The lowest BCUT2D eigenvalue weighted by molar-refractivity contribution is 0.0519. The molecule has 1 aromatic rings. The van der Waals surface area contributed by atoms with Gasteiger partial charge in [0.1, 0.15) is 17.4 Å². The molecule has 0 saturated heterocycles. The monoisotopic (exact) mass is 220 g/mol. The fourth-order valence-corrected chi connectivity index (χ4v) is 1.11. The molecule has 0 amide bonds. The van der Waals surface area contributed by atoms with Gasteiger partial charge in [-0.25, -0.2) is 9.78 Å². The highest BCUT2D eigenvalue weighted by Crippen LogP contribution is 2.18. The van der Waals surface area contributed by atoms with Crippen molar-refractivity contribution < 1.29 is 14.3 Å². The van der Waals surface area contributed by atoms with Crippen LogP contribution in [0.4, 0.5) is 0 Å². The first-order chi connectivity index (χ1) is 7.72. The minimum Gasteiger partial charge on any atom is -0.492 e. The van der Waals surface area contributed by atoms with Gasteiger partial charge in [-0.1, -0.05) is 0 Å². The number of ether oxygens (including phenoxy) is 2. The molecule has 0 bridgehead atoms. The summed E-state index contributed by atoms with van der Waals surface area (Å²) in [5.41, 5.74) is 0.444. The van der Waals surface area contributed by atoms with E-state index in [9.17, 15) is 4.79 Å². The van der Waals surface area contributed by atoms with E-state index >= 15 is 0 Å². The van der Waals surface area contributed by atoms with E-state index in [1.165, 1.54) is 12.3 Å². The summed E-state index contributed by atoms with van der Waals surface area (Å²) in [6, 6.07) is 3.36. The molecule has 0 N–H and O–H groups in total. The first-order valence-corrected chi connectivity index (χ1v) is 4.93. The van der Waals surface area contributed by atoms with Crippen LogP contribution >= 0.6 is 0 Å². The van der Waals surface area contributed by atoms with Crippen LogP contribution in [0.2, 0.25) is 0 Å². The van der Waals surface area contributed by atoms with Crippen molar-refractivity contribution in [1.82, 2.24) is 4.98 Å². The van der Waals surface area contributed by atoms with Crippen molar-refractivity contribution in [1.29, 1.82) is 5.26 Å². The van der Waals surface area contributed by atoms with Crippen LogP contribution in [-0.4, -0.2) is 24.2 Å². The van der Waals surface area contributed by atoms with Gasteiger partial charge in [-0.3, -0.25) is 0 Å². The highest BCUT2D eigenvalue weighted by molar-refractivity contribution is 5.87. The standard InChI is InChI=1S/C11H12N2O3/c1-3-15-10-5-9(11(14)16-4-2)13-7-8(10)6-12/h5,7H,3-4H2,1-2H3. The molecule has 16 heavy (non-hydrogen) atoms. The second-order valence-electron chi connectivity index (χ2n) is 2.83. The molecule has 5 heteroatoms. The third-order valence-corrected chi connectivity index (χ3v) is 1.77. The quantitative estimate of drug-likeness (QED) is 0.719. The number of hydrogen-bond acceptors (Lipinski definition) is 5. The van der Waals surface area contributed by atoms with E-state index in [0.29, 0.717) is 17.9 Å². The lowest BCUT2D eigenvalue weighted by atomic mass is 10.2. The van der Waals surface area contributed by atoms with E-state index in [4.69, 9.17) is 14.7 Å². The highest BCUT2D eigenvalue weighted by Gasteiger charge is 2.12. The zero-order chi connectivity index (χ0) is 12.0. The number of nitriles is 1. The van der Waals surface area contributed by atoms with E-state index in [2.05, 4.69) is 4.98 Å². The van der Waals surface area contributed by atoms with Crippen molar-refractivity contribution in [3.8, 4) is 11.8 Å². The smallest absolute Gasteiger partial charge is 0.357 e. The predicted octanol–water partition coefficient (Wildman–Crippen LogP) is 1.53. The zero-order valence-electron chi connectivity index (χ0n) is 9.19. The first-order valence-electron chi connectivity index (χ1n) is 4.93. The van der Waals surface area contributed by atoms with Gasteiger partial charge in [-0.2, -0.15) is 5.26 Å². The Morgan fingerprint density at radius 1 is 1.50 bits per heavy atom. The summed E-state index contributed by atoms with van der Waals surface area (Å²) >= 11 is 0. The average Bonchev–Trinajstić information content (AvgIpc) is 2.29. The molecule has 1 aromatic heterocycles. The summed E-state index contributed by atoms with van der Waals surface area (Å²) in [7, 11) is 0. The van der Waals surface area contributed by atoms with E-state index in [-0.39, 0.29) is 12.3 Å². The van der Waals surface area contributed by atoms with Gasteiger partial charge in [0.05, 0.1) is 13.2 Å². The van der Waals surface area contributed by atoms with Gasteiger partial charge in [0.25, 0.3) is 0 Å². The Labute approximate surface area is 93.6 Å². The summed E-state index contributed by atoms with van der Waals surface area (Å²) in [4.78, 5) is 15.2. The maximum atomic E-state index is 11.4. The molecule has 1 heterocycles. The lowest BCUT2D eigenvalue weighted by Gasteiger charge is -2.06. The van der Waals surface area contributed by atoms with E-state index in [1.807, 2.05) is 6.07 Å². The molecule has 0 aliphatic carbocycles. The summed E-state index contributed by atoms with van der Waals surface area (Å²) in [5.74, 6) is -0.170. The number of carbonyl (C=O) groups excluding carboxylic acids is 1. The molecule has 1 rings (SSSR count). The second kappa shape index (κ2) is 5.71. The number of esters is 1. The number of hydrogen-bond donors (Lipinski definition) is 0. The number of nitrogens with zero attached hydrogens (tertiary/aromatic N) is 2. The Hall–Kier alpha value is -2.09. The van der Waals surface area contributed by atoms with Crippen molar-refractivity contribution in [2.45, 2.75) is 13.8 Å². The van der Waals surface area contributed by atoms with Gasteiger partial charge in [0.15, 0.2) is 5.69 Å². The maximum Gasteiger partial charge on any atom is 0.357 e. The van der Waals surface area contributed by atoms with Crippen LogP contribution in [0, 0.1) is 11.3 Å². The number of rotatable bonds is 4. The summed E-state index contributed by atoms with van der Waals surface area (Å²) in [5, 5.41) is 8.79. The summed E-state index contributed by atoms with van der Waals surface area (Å²) in [6.45, 7) is 4.21. The third-order valence-electron chi connectivity index (χ3n) is 1.77. The van der Waals surface area contributed by atoms with Crippen molar-refractivity contribution >= 4 is 5.97 Å². The van der Waals surface area contributed by atoms with Crippen LogP contribution in [-0.2, 0) is 4.74 Å². The highest BCUT2D eigenvalue weighted by atomic mass is 16.5. The number of pyridine rings is 1. The van der Waals surface area contributed by atoms with Crippen LogP contribution in [0.3, 0.4) is 0 Å². The summed E-state index contributed by atoms with van der Waals surface area (Å²) < 4.78 is 10.0. The molecule has 0 aromatic carbocycles. The Morgan fingerprint density at radius 2 is 2.25 bits per heavy atom. The maximum absolute atomic E-state index is 11.4. The Kier molecular flexibility index (Phi) is 4.28. The molecule has 5 nitrogen and oxygen atoms in total. The molecule has 0 spiro atoms. The van der Waals surface area contributed by atoms with Gasteiger partial charge >= 0.3 is 5.97 Å². The molecule has 84 valence electrons. The normalized spacial score (nSPS) is 9.31. The molecule has 0 aliphatic heterocycles. The van der Waals surface area contributed by atoms with Crippen molar-refractivity contribution in [2.24, 2.45) is 0 Å². The van der Waals surface area contributed by atoms with Gasteiger partial charge < -0.3 is 9.47 Å². The molecule has 0 saturated carbocycles. The zero-order valence-corrected chi connectivity index (χ0v) is 9.19. The first kappa shape index (κ1) is 12.0. The van der Waals surface area contributed by atoms with Gasteiger partial charge in [0.2, 0.25) is 0 Å². The Bertz CT molecular complexity index is 424. The fraction of sp³-hybridized carbons (Fsp3) is 0.364. The predicted molar refractivity (Wildman–Crippen MR) is 56.1 cm³/mol. The second-order valence-corrected chi connectivity index (χ2v) is 2.83. The minimum atomic E-state index is -0.520. The SMILES string of the molecule is CCOC(=O)c1cc(OCC)c(C#N)cn1. The molecule has 0 atom stereocenters. The van der Waals surface area contributed by atoms with Crippen molar-refractivity contribution in [2.75, 3.05) is 13.2 Å². The third kappa shape index (κ3) is 2.70. The van der Waals surface area contributed by atoms with Crippen LogP contribution in [0.1, 0.15) is 29.9 Å². The molecular weight excluding hydrogens is 208 g/mol. The van der Waals surface area contributed by atoms with Crippen molar-refractivity contribution in [3.05, 3.63) is 23.5 Å². The minimum absolute atomic E-state index is 0.143. The van der Waals surface area contributed by atoms with E-state index in [0.717, 1.165) is 0 Å². The van der Waals surface area contributed by atoms with Crippen LogP contribution < -0.4 is 4.74 Å². The largest absolute Gasteiger partial charge is 0.492 e. The molecule has 0 radical (unpaired) electrons. The topological polar surface area (TPSA) is 72.2 Å². The number of aromatic nitrogens is 1. The Morgan fingerprint density at radius 3 is 2.81 bits per heavy atom. The van der Waals surface area contributed by atoms with Crippen LogP contribution in [0.5, 0.6) is 5.75 Å². The number of carbonyl (C=O) groups is 1. The van der Waals surface area contributed by atoms with Gasteiger partial charge in [0, 0.05) is 12.3 Å². The molecule has 0 aliphatic rings. The fourth-order valence-electron chi connectivity index (χ4n) is 1.11. The average molecular weight is 220 g/mol. The van der Waals surface area contributed by atoms with Crippen molar-refractivity contribution in [3.63, 3.8) is 0 Å². The van der Waals surface area contributed by atoms with Gasteiger partial charge in [-0.15, -0.1) is 0 Å².